The van der Waals surface area contributed by atoms with Gasteiger partial charge in [0, 0.05) is 21.2 Å². The topological polar surface area (TPSA) is 17.1 Å². The van der Waals surface area contributed by atoms with Crippen LogP contribution in [0.2, 0.25) is 10.0 Å². The molecule has 110 valence electrons. The second kappa shape index (κ2) is 5.70. The second-order valence-electron chi connectivity index (χ2n) is 4.44. The fourth-order valence-electron chi connectivity index (χ4n) is 1.97. The van der Waals surface area contributed by atoms with Crippen LogP contribution in [0, 0.1) is 0 Å². The number of benzene rings is 2. The summed E-state index contributed by atoms with van der Waals surface area (Å²) < 4.78 is 39.2. The van der Waals surface area contributed by atoms with E-state index in [0.717, 1.165) is 19.1 Å². The molecule has 0 N–H and O–H groups in total. The number of hydrogen-bond acceptors (Lipinski definition) is 1. The van der Waals surface area contributed by atoms with Gasteiger partial charge in [0.05, 0.1) is 5.56 Å². The Morgan fingerprint density at radius 3 is 2.29 bits per heavy atom. The Balaban J connectivity index is 2.67. The highest BCUT2D eigenvalue weighted by Crippen LogP contribution is 2.37. The van der Waals surface area contributed by atoms with Crippen LogP contribution >= 0.6 is 23.2 Å². The van der Waals surface area contributed by atoms with Gasteiger partial charge in [-0.2, -0.15) is 13.2 Å². The summed E-state index contributed by atoms with van der Waals surface area (Å²) in [5.74, 6) is -0.647. The molecule has 2 aromatic rings. The zero-order chi connectivity index (χ0) is 15.8. The molecule has 0 saturated heterocycles. The fraction of sp³-hybridized carbons (Fsp3) is 0.133. The molecule has 1 nitrogen and oxygen atoms in total. The molecule has 2 rings (SSSR count). The quantitative estimate of drug-likeness (QED) is 0.627. The first-order valence-corrected chi connectivity index (χ1v) is 6.63. The van der Waals surface area contributed by atoms with Gasteiger partial charge in [0.25, 0.3) is 0 Å². The Morgan fingerprint density at radius 2 is 1.71 bits per heavy atom. The Bertz CT molecular complexity index is 709. The first kappa shape index (κ1) is 15.9. The zero-order valence-corrected chi connectivity index (χ0v) is 12.3. The minimum Gasteiger partial charge on any atom is -0.294 e. The molecular weight excluding hydrogens is 324 g/mol. The van der Waals surface area contributed by atoms with Gasteiger partial charge in [0.1, 0.15) is 0 Å². The van der Waals surface area contributed by atoms with Crippen LogP contribution in [0.25, 0.3) is 11.1 Å². The van der Waals surface area contributed by atoms with E-state index in [2.05, 4.69) is 0 Å². The van der Waals surface area contributed by atoms with E-state index in [-0.39, 0.29) is 16.1 Å². The SMILES string of the molecule is CC(=O)c1ccc(-c2cc(Cl)ccc2Cl)cc1C(F)(F)F. The van der Waals surface area contributed by atoms with E-state index < -0.39 is 17.5 Å². The summed E-state index contributed by atoms with van der Waals surface area (Å²) in [7, 11) is 0. The highest BCUT2D eigenvalue weighted by atomic mass is 35.5. The van der Waals surface area contributed by atoms with E-state index >= 15 is 0 Å². The van der Waals surface area contributed by atoms with Gasteiger partial charge in [0.15, 0.2) is 5.78 Å². The molecule has 21 heavy (non-hydrogen) atoms. The summed E-state index contributed by atoms with van der Waals surface area (Å²) in [4.78, 5) is 11.3. The molecule has 0 unspecified atom stereocenters. The number of carbonyl (C=O) groups is 1. The van der Waals surface area contributed by atoms with Crippen molar-refractivity contribution in [3.63, 3.8) is 0 Å². The lowest BCUT2D eigenvalue weighted by Gasteiger charge is -2.14. The average Bonchev–Trinajstić information content (AvgIpc) is 2.40. The fourth-order valence-corrected chi connectivity index (χ4v) is 2.37. The molecule has 0 aliphatic heterocycles. The van der Waals surface area contributed by atoms with E-state index in [1.54, 1.807) is 6.07 Å². The van der Waals surface area contributed by atoms with E-state index in [4.69, 9.17) is 23.2 Å². The van der Waals surface area contributed by atoms with Crippen LogP contribution in [-0.4, -0.2) is 5.78 Å². The monoisotopic (exact) mass is 332 g/mol. The highest BCUT2D eigenvalue weighted by molar-refractivity contribution is 6.35. The number of halogens is 5. The lowest BCUT2D eigenvalue weighted by Crippen LogP contribution is -2.11. The molecule has 0 aliphatic rings. The third-order valence-electron chi connectivity index (χ3n) is 2.94. The molecule has 0 saturated carbocycles. The molecule has 0 amide bonds. The van der Waals surface area contributed by atoms with Gasteiger partial charge in [-0.05, 0) is 36.8 Å². The van der Waals surface area contributed by atoms with Crippen LogP contribution in [0.15, 0.2) is 36.4 Å². The number of hydrogen-bond donors (Lipinski definition) is 0. The molecule has 0 spiro atoms. The first-order valence-electron chi connectivity index (χ1n) is 5.88. The van der Waals surface area contributed by atoms with Crippen LogP contribution in [0.5, 0.6) is 0 Å². The van der Waals surface area contributed by atoms with Crippen molar-refractivity contribution in [3.8, 4) is 11.1 Å². The Morgan fingerprint density at radius 1 is 1.05 bits per heavy atom. The van der Waals surface area contributed by atoms with Gasteiger partial charge in [-0.3, -0.25) is 4.79 Å². The molecule has 6 heteroatoms. The van der Waals surface area contributed by atoms with Crippen molar-refractivity contribution in [2.45, 2.75) is 13.1 Å². The summed E-state index contributed by atoms with van der Waals surface area (Å²) in [5, 5.41) is 0.640. The van der Waals surface area contributed by atoms with Crippen LogP contribution in [0.4, 0.5) is 13.2 Å². The zero-order valence-electron chi connectivity index (χ0n) is 10.8. The van der Waals surface area contributed by atoms with Crippen molar-refractivity contribution in [1.82, 2.24) is 0 Å². The lowest BCUT2D eigenvalue weighted by atomic mass is 9.97. The number of ketones is 1. The van der Waals surface area contributed by atoms with Crippen molar-refractivity contribution in [2.75, 3.05) is 0 Å². The minimum absolute atomic E-state index is 0.250. The highest BCUT2D eigenvalue weighted by Gasteiger charge is 2.34. The molecule has 0 radical (unpaired) electrons. The molecule has 0 aliphatic carbocycles. The minimum atomic E-state index is -4.62. The van der Waals surface area contributed by atoms with E-state index in [9.17, 15) is 18.0 Å². The number of Topliss-reactive ketones (excluding diaryl/α,β-unsaturated/α-hetero) is 1. The standard InChI is InChI=1S/C15H9Cl2F3O/c1-8(21)11-4-2-9(6-13(11)15(18,19)20)12-7-10(16)3-5-14(12)17/h2-7H,1H3. The molecule has 0 fully saturated rings. The Hall–Kier alpha value is -1.52. The van der Waals surface area contributed by atoms with E-state index in [1.165, 1.54) is 18.2 Å². The van der Waals surface area contributed by atoms with Gasteiger partial charge in [-0.25, -0.2) is 0 Å². The van der Waals surface area contributed by atoms with Gasteiger partial charge in [-0.1, -0.05) is 35.3 Å². The third-order valence-corrected chi connectivity index (χ3v) is 3.51. The molecule has 0 bridgehead atoms. The van der Waals surface area contributed by atoms with Crippen LogP contribution < -0.4 is 0 Å². The van der Waals surface area contributed by atoms with Gasteiger partial charge < -0.3 is 0 Å². The molecule has 0 heterocycles. The van der Waals surface area contributed by atoms with Gasteiger partial charge in [0.2, 0.25) is 0 Å². The van der Waals surface area contributed by atoms with Crippen molar-refractivity contribution >= 4 is 29.0 Å². The molecule has 2 aromatic carbocycles. The van der Waals surface area contributed by atoms with E-state index in [0.29, 0.717) is 10.6 Å². The van der Waals surface area contributed by atoms with E-state index in [1.807, 2.05) is 0 Å². The number of alkyl halides is 3. The van der Waals surface area contributed by atoms with Gasteiger partial charge in [-0.15, -0.1) is 0 Å². The smallest absolute Gasteiger partial charge is 0.294 e. The van der Waals surface area contributed by atoms with Crippen LogP contribution in [-0.2, 0) is 6.18 Å². The maximum absolute atomic E-state index is 13.1. The average molecular weight is 333 g/mol. The van der Waals surface area contributed by atoms with Crippen molar-refractivity contribution in [1.29, 1.82) is 0 Å². The normalized spacial score (nSPS) is 11.5. The summed E-state index contributed by atoms with van der Waals surface area (Å²) >= 11 is 11.8. The van der Waals surface area contributed by atoms with Crippen LogP contribution in [0.3, 0.4) is 0 Å². The second-order valence-corrected chi connectivity index (χ2v) is 5.28. The first-order chi connectivity index (χ1) is 9.70. The summed E-state index contributed by atoms with van der Waals surface area (Å²) in [6.45, 7) is 1.09. The Kier molecular flexibility index (Phi) is 4.30. The summed E-state index contributed by atoms with van der Waals surface area (Å²) in [6.07, 6.45) is -4.62. The third kappa shape index (κ3) is 3.39. The summed E-state index contributed by atoms with van der Waals surface area (Å²) in [6, 6.07) is 8.01. The maximum Gasteiger partial charge on any atom is 0.417 e. The molecular formula is C15H9Cl2F3O. The maximum atomic E-state index is 13.1. The number of carbonyl (C=O) groups excluding carboxylic acids is 1. The largest absolute Gasteiger partial charge is 0.417 e. The van der Waals surface area contributed by atoms with Crippen molar-refractivity contribution in [3.05, 3.63) is 57.6 Å². The van der Waals surface area contributed by atoms with Crippen molar-refractivity contribution < 1.29 is 18.0 Å². The molecule has 0 atom stereocenters. The molecule has 0 aromatic heterocycles. The van der Waals surface area contributed by atoms with Crippen molar-refractivity contribution in [2.24, 2.45) is 0 Å². The van der Waals surface area contributed by atoms with Gasteiger partial charge >= 0.3 is 6.18 Å². The Labute approximate surface area is 129 Å². The summed E-state index contributed by atoms with van der Waals surface area (Å²) in [5.41, 5.74) is -0.725. The van der Waals surface area contributed by atoms with Crippen LogP contribution in [0.1, 0.15) is 22.8 Å². The lowest BCUT2D eigenvalue weighted by molar-refractivity contribution is -0.137. The predicted molar refractivity (Wildman–Crippen MR) is 76.9 cm³/mol. The predicted octanol–water partition coefficient (Wildman–Crippen LogP) is 5.88. The number of rotatable bonds is 2.